The van der Waals surface area contributed by atoms with Gasteiger partial charge in [0.25, 0.3) is 0 Å². The Morgan fingerprint density at radius 3 is 2.53 bits per heavy atom. The number of hydrogen-bond donors (Lipinski definition) is 0. The SMILES string of the molecule is CCCCCCCC(=O)N(CCC)CC(=O)N1CCn2cccc2C1c1ccccc1F. The Morgan fingerprint density at radius 1 is 1.00 bits per heavy atom. The molecule has 0 saturated heterocycles. The van der Waals surface area contributed by atoms with Gasteiger partial charge in [-0.3, -0.25) is 9.59 Å². The Labute approximate surface area is 191 Å². The summed E-state index contributed by atoms with van der Waals surface area (Å²) in [5.74, 6) is -0.406. The van der Waals surface area contributed by atoms with Crippen molar-refractivity contribution in [2.45, 2.75) is 71.4 Å². The predicted octanol–water partition coefficient (Wildman–Crippen LogP) is 5.16. The molecule has 174 valence electrons. The summed E-state index contributed by atoms with van der Waals surface area (Å²) in [6.07, 6.45) is 8.68. The predicted molar refractivity (Wildman–Crippen MR) is 125 cm³/mol. The van der Waals surface area contributed by atoms with E-state index >= 15 is 0 Å². The third kappa shape index (κ3) is 5.78. The van der Waals surface area contributed by atoms with Gasteiger partial charge in [-0.15, -0.1) is 0 Å². The molecule has 0 radical (unpaired) electrons. The highest BCUT2D eigenvalue weighted by Crippen LogP contribution is 2.34. The summed E-state index contributed by atoms with van der Waals surface area (Å²) in [6, 6.07) is 10.0. The van der Waals surface area contributed by atoms with Crippen molar-refractivity contribution in [1.82, 2.24) is 14.4 Å². The molecule has 32 heavy (non-hydrogen) atoms. The molecule has 6 heteroatoms. The molecule has 3 rings (SSSR count). The number of nitrogens with zero attached hydrogens (tertiary/aromatic N) is 3. The second-order valence-electron chi connectivity index (χ2n) is 8.62. The van der Waals surface area contributed by atoms with Crippen molar-refractivity contribution in [3.63, 3.8) is 0 Å². The molecule has 0 bridgehead atoms. The molecule has 1 aromatic heterocycles. The summed E-state index contributed by atoms with van der Waals surface area (Å²) in [5, 5.41) is 0. The van der Waals surface area contributed by atoms with Crippen LogP contribution >= 0.6 is 0 Å². The summed E-state index contributed by atoms with van der Waals surface area (Å²) >= 11 is 0. The van der Waals surface area contributed by atoms with Crippen molar-refractivity contribution in [3.05, 3.63) is 59.7 Å². The Bertz CT molecular complexity index is 895. The first kappa shape index (κ1) is 24.0. The molecule has 1 aliphatic heterocycles. The van der Waals surface area contributed by atoms with Crippen molar-refractivity contribution < 1.29 is 14.0 Å². The van der Waals surface area contributed by atoms with Crippen LogP contribution in [-0.2, 0) is 16.1 Å². The van der Waals surface area contributed by atoms with E-state index in [0.717, 1.165) is 31.4 Å². The lowest BCUT2D eigenvalue weighted by atomic mass is 9.99. The number of benzene rings is 1. The monoisotopic (exact) mass is 441 g/mol. The van der Waals surface area contributed by atoms with Gasteiger partial charge in [-0.1, -0.05) is 57.7 Å². The highest BCUT2D eigenvalue weighted by Gasteiger charge is 2.34. The third-order valence-corrected chi connectivity index (χ3v) is 6.22. The first-order chi connectivity index (χ1) is 15.6. The van der Waals surface area contributed by atoms with Gasteiger partial charge >= 0.3 is 0 Å². The molecule has 1 atom stereocenters. The van der Waals surface area contributed by atoms with E-state index in [-0.39, 0.29) is 24.2 Å². The number of rotatable bonds is 11. The standard InChI is InChI=1S/C26H36FN3O2/c1-3-5-6-7-8-15-24(31)29(16-4-2)20-25(32)30-19-18-28-17-11-14-23(28)26(30)21-12-9-10-13-22(21)27/h9-14,17,26H,3-8,15-16,18-20H2,1-2H3. The highest BCUT2D eigenvalue weighted by molar-refractivity contribution is 5.85. The minimum atomic E-state index is -0.486. The van der Waals surface area contributed by atoms with E-state index in [0.29, 0.717) is 31.6 Å². The second kappa shape index (κ2) is 11.8. The van der Waals surface area contributed by atoms with Gasteiger partial charge < -0.3 is 14.4 Å². The number of aromatic nitrogens is 1. The van der Waals surface area contributed by atoms with Gasteiger partial charge in [0.1, 0.15) is 11.9 Å². The van der Waals surface area contributed by atoms with Crippen LogP contribution in [0.25, 0.3) is 0 Å². The van der Waals surface area contributed by atoms with E-state index in [1.165, 1.54) is 18.9 Å². The van der Waals surface area contributed by atoms with Crippen LogP contribution in [0.15, 0.2) is 42.6 Å². The Morgan fingerprint density at radius 2 is 1.78 bits per heavy atom. The smallest absolute Gasteiger partial charge is 0.243 e. The van der Waals surface area contributed by atoms with Crippen LogP contribution in [0, 0.1) is 5.82 Å². The van der Waals surface area contributed by atoms with E-state index in [9.17, 15) is 14.0 Å². The molecule has 0 saturated carbocycles. The highest BCUT2D eigenvalue weighted by atomic mass is 19.1. The Kier molecular flexibility index (Phi) is 8.89. The molecule has 0 fully saturated rings. The van der Waals surface area contributed by atoms with Crippen LogP contribution in [0.5, 0.6) is 0 Å². The van der Waals surface area contributed by atoms with Gasteiger partial charge in [-0.05, 0) is 31.0 Å². The number of unbranched alkanes of at least 4 members (excludes halogenated alkanes) is 4. The summed E-state index contributed by atoms with van der Waals surface area (Å²) < 4.78 is 16.8. The van der Waals surface area contributed by atoms with Gasteiger partial charge in [0.15, 0.2) is 0 Å². The largest absolute Gasteiger partial charge is 0.348 e. The zero-order chi connectivity index (χ0) is 22.9. The van der Waals surface area contributed by atoms with Gasteiger partial charge in [0.2, 0.25) is 11.8 Å². The van der Waals surface area contributed by atoms with Gasteiger partial charge in [-0.2, -0.15) is 0 Å². The fourth-order valence-corrected chi connectivity index (χ4v) is 4.53. The van der Waals surface area contributed by atoms with Crippen molar-refractivity contribution in [1.29, 1.82) is 0 Å². The Balaban J connectivity index is 1.73. The zero-order valence-electron chi connectivity index (χ0n) is 19.4. The summed E-state index contributed by atoms with van der Waals surface area (Å²) in [5.41, 5.74) is 1.39. The van der Waals surface area contributed by atoms with Crippen molar-refractivity contribution in [2.24, 2.45) is 0 Å². The molecular formula is C26H36FN3O2. The van der Waals surface area contributed by atoms with Gasteiger partial charge in [0, 0.05) is 43.5 Å². The maximum absolute atomic E-state index is 14.7. The maximum atomic E-state index is 14.7. The minimum Gasteiger partial charge on any atom is -0.348 e. The molecular weight excluding hydrogens is 405 g/mol. The molecule has 5 nitrogen and oxygen atoms in total. The Hall–Kier alpha value is -2.63. The summed E-state index contributed by atoms with van der Waals surface area (Å²) in [6.45, 7) is 5.96. The first-order valence-corrected chi connectivity index (χ1v) is 12.0. The number of fused-ring (bicyclic) bond motifs is 1. The molecule has 2 amide bonds. The molecule has 0 N–H and O–H groups in total. The van der Waals surface area contributed by atoms with E-state index in [1.54, 1.807) is 28.0 Å². The number of halogens is 1. The van der Waals surface area contributed by atoms with Crippen LogP contribution in [0.2, 0.25) is 0 Å². The van der Waals surface area contributed by atoms with Crippen molar-refractivity contribution in [3.8, 4) is 0 Å². The molecule has 1 aromatic carbocycles. The third-order valence-electron chi connectivity index (χ3n) is 6.22. The fourth-order valence-electron chi connectivity index (χ4n) is 4.53. The van der Waals surface area contributed by atoms with Gasteiger partial charge in [0.05, 0.1) is 6.54 Å². The van der Waals surface area contributed by atoms with Crippen LogP contribution in [0.3, 0.4) is 0 Å². The molecule has 2 heterocycles. The first-order valence-electron chi connectivity index (χ1n) is 12.0. The van der Waals surface area contributed by atoms with E-state index < -0.39 is 6.04 Å². The normalized spacial score (nSPS) is 15.5. The van der Waals surface area contributed by atoms with Crippen LogP contribution < -0.4 is 0 Å². The van der Waals surface area contributed by atoms with Crippen LogP contribution in [-0.4, -0.2) is 45.8 Å². The summed E-state index contributed by atoms with van der Waals surface area (Å²) in [4.78, 5) is 29.7. The topological polar surface area (TPSA) is 45.6 Å². The number of hydrogen-bond acceptors (Lipinski definition) is 2. The molecule has 0 spiro atoms. The number of amides is 2. The van der Waals surface area contributed by atoms with Crippen LogP contribution in [0.1, 0.15) is 76.1 Å². The number of carbonyl (C=O) groups excluding carboxylic acids is 2. The molecule has 1 aliphatic rings. The van der Waals surface area contributed by atoms with E-state index in [4.69, 9.17) is 0 Å². The van der Waals surface area contributed by atoms with Crippen molar-refractivity contribution >= 4 is 11.8 Å². The van der Waals surface area contributed by atoms with E-state index in [1.807, 2.05) is 25.3 Å². The zero-order valence-corrected chi connectivity index (χ0v) is 19.4. The maximum Gasteiger partial charge on any atom is 0.243 e. The average Bonchev–Trinajstić information content (AvgIpc) is 3.27. The molecule has 0 aliphatic carbocycles. The molecule has 1 unspecified atom stereocenters. The van der Waals surface area contributed by atoms with Crippen molar-refractivity contribution in [2.75, 3.05) is 19.6 Å². The lowest BCUT2D eigenvalue weighted by molar-refractivity contribution is -0.142. The fraction of sp³-hybridized carbons (Fsp3) is 0.538. The summed E-state index contributed by atoms with van der Waals surface area (Å²) in [7, 11) is 0. The van der Waals surface area contributed by atoms with Crippen LogP contribution in [0.4, 0.5) is 4.39 Å². The van der Waals surface area contributed by atoms with Gasteiger partial charge in [-0.25, -0.2) is 4.39 Å². The lowest BCUT2D eigenvalue weighted by Gasteiger charge is -2.38. The minimum absolute atomic E-state index is 0.0412. The quantitative estimate of drug-likeness (QED) is 0.452. The average molecular weight is 442 g/mol. The molecule has 2 aromatic rings. The second-order valence-corrected chi connectivity index (χ2v) is 8.62. The number of carbonyl (C=O) groups is 2. The van der Waals surface area contributed by atoms with E-state index in [2.05, 4.69) is 11.5 Å². The lowest BCUT2D eigenvalue weighted by Crippen LogP contribution is -2.48.